The molecule has 0 spiro atoms. The first-order valence-electron chi connectivity index (χ1n) is 11.4. The molecule has 0 aliphatic carbocycles. The average Bonchev–Trinajstić information content (AvgIpc) is 2.73. The van der Waals surface area contributed by atoms with E-state index in [0.29, 0.717) is 29.6 Å². The van der Waals surface area contributed by atoms with Gasteiger partial charge in [-0.15, -0.1) is 0 Å². The Balaban J connectivity index is 1.93. The number of benzene rings is 2. The zero-order valence-electron chi connectivity index (χ0n) is 21.2. The molecule has 0 heterocycles. The monoisotopic (exact) mass is 454 g/mol. The molecule has 2 rings (SSSR count). The average molecular weight is 455 g/mol. The second-order valence-electron chi connectivity index (χ2n) is 10.7. The lowest BCUT2D eigenvalue weighted by atomic mass is 9.80. The van der Waals surface area contributed by atoms with Gasteiger partial charge in [-0.1, -0.05) is 67.5 Å². The molecular formula is C27H38N2O4. The lowest BCUT2D eigenvalue weighted by molar-refractivity contribution is -0.123. The Morgan fingerprint density at radius 1 is 0.848 bits per heavy atom. The fourth-order valence-electron chi connectivity index (χ4n) is 3.05. The topological polar surface area (TPSA) is 76.7 Å². The molecule has 6 nitrogen and oxygen atoms in total. The normalized spacial score (nSPS) is 11.8. The van der Waals surface area contributed by atoms with Crippen LogP contribution in [0.1, 0.15) is 76.9 Å². The number of hydrogen-bond donors (Lipinski definition) is 2. The highest BCUT2D eigenvalue weighted by Gasteiger charge is 2.23. The molecule has 2 N–H and O–H groups in total. The SMILES string of the molecule is CC(C)COc1ccc(C(=O)NNC(=O)COc2ccc(C(C)(C)C)cc2C(C)(C)C)cc1. The van der Waals surface area contributed by atoms with Crippen molar-refractivity contribution in [2.45, 2.75) is 66.2 Å². The van der Waals surface area contributed by atoms with E-state index in [2.05, 4.69) is 72.3 Å². The van der Waals surface area contributed by atoms with Gasteiger partial charge in [0.2, 0.25) is 0 Å². The summed E-state index contributed by atoms with van der Waals surface area (Å²) < 4.78 is 11.4. The minimum atomic E-state index is -0.444. The highest BCUT2D eigenvalue weighted by atomic mass is 16.5. The number of carbonyl (C=O) groups excluding carboxylic acids is 2. The van der Waals surface area contributed by atoms with Gasteiger partial charge >= 0.3 is 0 Å². The van der Waals surface area contributed by atoms with Crippen LogP contribution in [0.3, 0.4) is 0 Å². The van der Waals surface area contributed by atoms with Crippen LogP contribution in [0.4, 0.5) is 0 Å². The summed E-state index contributed by atoms with van der Waals surface area (Å²) in [4.78, 5) is 24.6. The first-order chi connectivity index (χ1) is 15.3. The van der Waals surface area contributed by atoms with Crippen molar-refractivity contribution in [1.82, 2.24) is 10.9 Å². The summed E-state index contributed by atoms with van der Waals surface area (Å²) in [5, 5.41) is 0. The Kier molecular flexibility index (Phi) is 8.53. The molecule has 2 aromatic carbocycles. The Labute approximate surface area is 198 Å². The molecule has 0 unspecified atom stereocenters. The van der Waals surface area contributed by atoms with E-state index >= 15 is 0 Å². The van der Waals surface area contributed by atoms with E-state index in [1.807, 2.05) is 12.1 Å². The number of rotatable bonds is 7. The minimum Gasteiger partial charge on any atom is -0.493 e. The number of ether oxygens (including phenoxy) is 2. The summed E-state index contributed by atoms with van der Waals surface area (Å²) in [5.74, 6) is 0.920. The van der Waals surface area contributed by atoms with Gasteiger partial charge in [0.15, 0.2) is 6.61 Å². The summed E-state index contributed by atoms with van der Waals surface area (Å²) in [6.45, 7) is 17.4. The number of amides is 2. The summed E-state index contributed by atoms with van der Waals surface area (Å²) >= 11 is 0. The minimum absolute atomic E-state index is 0.0128. The van der Waals surface area contributed by atoms with Gasteiger partial charge in [-0.3, -0.25) is 20.4 Å². The maximum Gasteiger partial charge on any atom is 0.276 e. The highest BCUT2D eigenvalue weighted by Crippen LogP contribution is 2.35. The van der Waals surface area contributed by atoms with Crippen LogP contribution >= 0.6 is 0 Å². The van der Waals surface area contributed by atoms with Crippen molar-refractivity contribution < 1.29 is 19.1 Å². The number of carbonyl (C=O) groups is 2. The third-order valence-corrected chi connectivity index (χ3v) is 5.03. The van der Waals surface area contributed by atoms with Crippen LogP contribution < -0.4 is 20.3 Å². The molecule has 0 fully saturated rings. The third-order valence-electron chi connectivity index (χ3n) is 5.03. The van der Waals surface area contributed by atoms with Gasteiger partial charge < -0.3 is 9.47 Å². The van der Waals surface area contributed by atoms with Crippen molar-refractivity contribution in [3.05, 3.63) is 59.2 Å². The van der Waals surface area contributed by atoms with Crippen LogP contribution in [-0.2, 0) is 15.6 Å². The predicted octanol–water partition coefficient (Wildman–Crippen LogP) is 5.16. The zero-order valence-corrected chi connectivity index (χ0v) is 21.2. The molecule has 2 aromatic rings. The summed E-state index contributed by atoms with van der Waals surface area (Å²) in [5.41, 5.74) is 7.35. The predicted molar refractivity (Wildman–Crippen MR) is 132 cm³/mol. The van der Waals surface area contributed by atoms with Crippen molar-refractivity contribution in [2.75, 3.05) is 13.2 Å². The van der Waals surface area contributed by atoms with Crippen molar-refractivity contribution in [3.8, 4) is 11.5 Å². The second-order valence-corrected chi connectivity index (χ2v) is 10.7. The second kappa shape index (κ2) is 10.7. The van der Waals surface area contributed by atoms with E-state index in [0.717, 1.165) is 5.56 Å². The van der Waals surface area contributed by atoms with Crippen molar-refractivity contribution in [1.29, 1.82) is 0 Å². The van der Waals surface area contributed by atoms with E-state index in [9.17, 15) is 9.59 Å². The summed E-state index contributed by atoms with van der Waals surface area (Å²) in [6, 6.07) is 12.9. The molecule has 0 aliphatic rings. The molecule has 0 bridgehead atoms. The van der Waals surface area contributed by atoms with Crippen LogP contribution in [0.5, 0.6) is 11.5 Å². The van der Waals surface area contributed by atoms with E-state index in [1.165, 1.54) is 5.56 Å². The van der Waals surface area contributed by atoms with Gasteiger partial charge in [0, 0.05) is 5.56 Å². The molecule has 180 valence electrons. The number of nitrogens with one attached hydrogen (secondary N) is 2. The first-order valence-corrected chi connectivity index (χ1v) is 11.4. The fourth-order valence-corrected chi connectivity index (χ4v) is 3.05. The van der Waals surface area contributed by atoms with E-state index in [-0.39, 0.29) is 17.4 Å². The van der Waals surface area contributed by atoms with Gasteiger partial charge in [-0.2, -0.15) is 0 Å². The maximum atomic E-state index is 12.3. The van der Waals surface area contributed by atoms with Gasteiger partial charge in [-0.05, 0) is 58.2 Å². The zero-order chi connectivity index (χ0) is 24.8. The Bertz CT molecular complexity index is 952. The largest absolute Gasteiger partial charge is 0.493 e. The maximum absolute atomic E-state index is 12.3. The molecule has 2 amide bonds. The molecule has 0 aliphatic heterocycles. The van der Waals surface area contributed by atoms with E-state index in [1.54, 1.807) is 24.3 Å². The van der Waals surface area contributed by atoms with Crippen molar-refractivity contribution in [3.63, 3.8) is 0 Å². The van der Waals surface area contributed by atoms with Crippen LogP contribution in [0.25, 0.3) is 0 Å². The number of hydrazine groups is 1. The van der Waals surface area contributed by atoms with E-state index < -0.39 is 11.8 Å². The van der Waals surface area contributed by atoms with Crippen molar-refractivity contribution in [2.24, 2.45) is 5.92 Å². The first kappa shape index (κ1) is 26.2. The molecule has 0 atom stereocenters. The molecule has 0 saturated heterocycles. The van der Waals surface area contributed by atoms with Gasteiger partial charge in [0.25, 0.3) is 11.8 Å². The molecule has 0 aromatic heterocycles. The van der Waals surface area contributed by atoms with Crippen LogP contribution in [0.2, 0.25) is 0 Å². The van der Waals surface area contributed by atoms with Gasteiger partial charge in [0.1, 0.15) is 11.5 Å². The standard InChI is InChI=1S/C27H38N2O4/c1-18(2)16-32-21-12-9-19(10-13-21)25(31)29-28-24(30)17-33-23-14-11-20(26(3,4)5)15-22(23)27(6,7)8/h9-15,18H,16-17H2,1-8H3,(H,28,30)(H,29,31). The molecule has 0 saturated carbocycles. The van der Waals surface area contributed by atoms with Crippen LogP contribution in [-0.4, -0.2) is 25.0 Å². The van der Waals surface area contributed by atoms with Gasteiger partial charge in [-0.25, -0.2) is 0 Å². The molecular weight excluding hydrogens is 416 g/mol. The Morgan fingerprint density at radius 3 is 2.03 bits per heavy atom. The molecule has 6 heteroatoms. The lowest BCUT2D eigenvalue weighted by Gasteiger charge is -2.27. The molecule has 0 radical (unpaired) electrons. The quantitative estimate of drug-likeness (QED) is 0.567. The number of hydrogen-bond acceptors (Lipinski definition) is 4. The van der Waals surface area contributed by atoms with Crippen molar-refractivity contribution >= 4 is 11.8 Å². The third kappa shape index (κ3) is 8.12. The van der Waals surface area contributed by atoms with Crippen LogP contribution in [0.15, 0.2) is 42.5 Å². The summed E-state index contributed by atoms with van der Waals surface area (Å²) in [7, 11) is 0. The Hall–Kier alpha value is -3.02. The van der Waals surface area contributed by atoms with Crippen LogP contribution in [0, 0.1) is 5.92 Å². The lowest BCUT2D eigenvalue weighted by Crippen LogP contribution is -2.43. The smallest absolute Gasteiger partial charge is 0.276 e. The van der Waals surface area contributed by atoms with E-state index in [4.69, 9.17) is 9.47 Å². The Morgan fingerprint density at radius 2 is 1.48 bits per heavy atom. The highest BCUT2D eigenvalue weighted by molar-refractivity contribution is 5.95. The fraction of sp³-hybridized carbons (Fsp3) is 0.481. The molecule has 33 heavy (non-hydrogen) atoms. The summed E-state index contributed by atoms with van der Waals surface area (Å²) in [6.07, 6.45) is 0. The van der Waals surface area contributed by atoms with Gasteiger partial charge in [0.05, 0.1) is 6.61 Å².